The zero-order valence-electron chi connectivity index (χ0n) is 12.1. The monoisotopic (exact) mass is 288 g/mol. The quantitative estimate of drug-likeness (QED) is 0.802. The SMILES string of the molecule is CC(NC(=O)N1CCOCC1)c1cccc(C#CCO)c1. The average Bonchev–Trinajstić information content (AvgIpc) is 2.54. The van der Waals surface area contributed by atoms with Gasteiger partial charge in [0.05, 0.1) is 19.3 Å². The van der Waals surface area contributed by atoms with Gasteiger partial charge in [0.15, 0.2) is 0 Å². The summed E-state index contributed by atoms with van der Waals surface area (Å²) in [5.74, 6) is 5.49. The van der Waals surface area contributed by atoms with Gasteiger partial charge in [0.2, 0.25) is 0 Å². The third kappa shape index (κ3) is 4.48. The van der Waals surface area contributed by atoms with E-state index < -0.39 is 0 Å². The lowest BCUT2D eigenvalue weighted by Crippen LogP contribution is -2.46. The molecule has 1 heterocycles. The van der Waals surface area contributed by atoms with Crippen LogP contribution in [0.5, 0.6) is 0 Å². The van der Waals surface area contributed by atoms with Crippen molar-refractivity contribution in [2.24, 2.45) is 0 Å². The molecule has 1 aromatic rings. The van der Waals surface area contributed by atoms with Gasteiger partial charge in [-0.3, -0.25) is 0 Å². The number of rotatable bonds is 2. The highest BCUT2D eigenvalue weighted by atomic mass is 16.5. The van der Waals surface area contributed by atoms with Crippen molar-refractivity contribution < 1.29 is 14.6 Å². The summed E-state index contributed by atoms with van der Waals surface area (Å²) < 4.78 is 5.24. The molecule has 2 amide bonds. The maximum Gasteiger partial charge on any atom is 0.318 e. The van der Waals surface area contributed by atoms with Crippen molar-refractivity contribution in [3.8, 4) is 11.8 Å². The Hall–Kier alpha value is -2.03. The molecular formula is C16H20N2O3. The minimum atomic E-state index is -0.159. The first-order chi connectivity index (χ1) is 10.2. The van der Waals surface area contributed by atoms with E-state index in [0.29, 0.717) is 26.3 Å². The number of nitrogens with zero attached hydrogens (tertiary/aromatic N) is 1. The van der Waals surface area contributed by atoms with Gasteiger partial charge < -0.3 is 20.1 Å². The van der Waals surface area contributed by atoms with Crippen LogP contribution in [0.4, 0.5) is 4.79 Å². The fraction of sp³-hybridized carbons (Fsp3) is 0.438. The maximum atomic E-state index is 12.1. The number of aliphatic hydroxyl groups excluding tert-OH is 1. The Bertz CT molecular complexity index is 542. The number of morpholine rings is 1. The summed E-state index contributed by atoms with van der Waals surface area (Å²) >= 11 is 0. The Morgan fingerprint density at radius 3 is 2.95 bits per heavy atom. The van der Waals surface area contributed by atoms with Gasteiger partial charge in [-0.05, 0) is 24.6 Å². The van der Waals surface area contributed by atoms with E-state index >= 15 is 0 Å². The first kappa shape index (κ1) is 15.4. The molecule has 0 aliphatic carbocycles. The molecule has 1 atom stereocenters. The van der Waals surface area contributed by atoms with Gasteiger partial charge in [0, 0.05) is 18.7 Å². The first-order valence-electron chi connectivity index (χ1n) is 7.03. The van der Waals surface area contributed by atoms with Crippen LogP contribution in [0.2, 0.25) is 0 Å². The van der Waals surface area contributed by atoms with Crippen molar-refractivity contribution in [3.05, 3.63) is 35.4 Å². The van der Waals surface area contributed by atoms with Crippen molar-refractivity contribution in [3.63, 3.8) is 0 Å². The number of hydrogen-bond donors (Lipinski definition) is 2. The molecule has 0 spiro atoms. The Kier molecular flexibility index (Phi) is 5.61. The Morgan fingerprint density at radius 1 is 1.48 bits per heavy atom. The van der Waals surface area contributed by atoms with Crippen LogP contribution in [0.15, 0.2) is 24.3 Å². The zero-order valence-corrected chi connectivity index (χ0v) is 12.1. The van der Waals surface area contributed by atoms with Gasteiger partial charge in [-0.1, -0.05) is 24.0 Å². The number of carbonyl (C=O) groups excluding carboxylic acids is 1. The average molecular weight is 288 g/mol. The number of nitrogens with one attached hydrogen (secondary N) is 1. The smallest absolute Gasteiger partial charge is 0.318 e. The summed E-state index contributed by atoms with van der Waals surface area (Å²) in [5, 5.41) is 11.7. The third-order valence-electron chi connectivity index (χ3n) is 3.34. The molecule has 0 saturated carbocycles. The van der Waals surface area contributed by atoms with E-state index in [1.807, 2.05) is 31.2 Å². The van der Waals surface area contributed by atoms with Crippen molar-refractivity contribution in [2.45, 2.75) is 13.0 Å². The minimum Gasteiger partial charge on any atom is -0.384 e. The number of ether oxygens (including phenoxy) is 1. The highest BCUT2D eigenvalue weighted by Crippen LogP contribution is 2.14. The van der Waals surface area contributed by atoms with Gasteiger partial charge in [0.1, 0.15) is 6.61 Å². The van der Waals surface area contributed by atoms with Crippen molar-refractivity contribution in [2.75, 3.05) is 32.9 Å². The summed E-state index contributed by atoms with van der Waals surface area (Å²) in [6.07, 6.45) is 0. The molecule has 1 aliphatic rings. The van der Waals surface area contributed by atoms with E-state index in [4.69, 9.17) is 9.84 Å². The second kappa shape index (κ2) is 7.67. The minimum absolute atomic E-state index is 0.0716. The van der Waals surface area contributed by atoms with Crippen molar-refractivity contribution in [1.29, 1.82) is 0 Å². The predicted molar refractivity (Wildman–Crippen MR) is 79.7 cm³/mol. The van der Waals surface area contributed by atoms with Gasteiger partial charge in [-0.15, -0.1) is 0 Å². The van der Waals surface area contributed by atoms with E-state index in [9.17, 15) is 4.79 Å². The van der Waals surface area contributed by atoms with Crippen LogP contribution in [-0.4, -0.2) is 48.9 Å². The van der Waals surface area contributed by atoms with E-state index in [0.717, 1.165) is 11.1 Å². The molecule has 1 aromatic carbocycles. The molecule has 21 heavy (non-hydrogen) atoms. The Labute approximate surface area is 124 Å². The second-order valence-electron chi connectivity index (χ2n) is 4.86. The van der Waals surface area contributed by atoms with Crippen LogP contribution in [0, 0.1) is 11.8 Å². The topological polar surface area (TPSA) is 61.8 Å². The zero-order chi connectivity index (χ0) is 15.1. The Balaban J connectivity index is 1.99. The van der Waals surface area contributed by atoms with Gasteiger partial charge in [-0.25, -0.2) is 4.79 Å². The lowest BCUT2D eigenvalue weighted by Gasteiger charge is -2.28. The number of amides is 2. The van der Waals surface area contributed by atoms with Crippen LogP contribution in [0.25, 0.3) is 0 Å². The van der Waals surface area contributed by atoms with Gasteiger partial charge >= 0.3 is 6.03 Å². The summed E-state index contributed by atoms with van der Waals surface area (Å²) in [5.41, 5.74) is 1.82. The number of aliphatic hydroxyl groups is 1. The molecule has 5 heteroatoms. The van der Waals surface area contributed by atoms with E-state index in [-0.39, 0.29) is 18.7 Å². The third-order valence-corrected chi connectivity index (χ3v) is 3.34. The standard InChI is InChI=1S/C16H20N2O3/c1-13(17-16(20)18-7-10-21-11-8-18)15-6-2-4-14(12-15)5-3-9-19/h2,4,6,12-13,19H,7-11H2,1H3,(H,17,20). The molecule has 0 aromatic heterocycles. The van der Waals surface area contributed by atoms with Gasteiger partial charge in [0.25, 0.3) is 0 Å². The fourth-order valence-corrected chi connectivity index (χ4v) is 2.15. The number of hydrogen-bond acceptors (Lipinski definition) is 3. The van der Waals surface area contributed by atoms with Crippen LogP contribution in [0.1, 0.15) is 24.1 Å². The van der Waals surface area contributed by atoms with Crippen LogP contribution in [0.3, 0.4) is 0 Å². The van der Waals surface area contributed by atoms with Crippen molar-refractivity contribution >= 4 is 6.03 Å². The lowest BCUT2D eigenvalue weighted by atomic mass is 10.1. The maximum absolute atomic E-state index is 12.1. The van der Waals surface area contributed by atoms with E-state index in [1.54, 1.807) is 4.90 Å². The molecule has 0 radical (unpaired) electrons. The molecule has 1 fully saturated rings. The van der Waals surface area contributed by atoms with E-state index in [1.165, 1.54) is 0 Å². The molecule has 5 nitrogen and oxygen atoms in total. The Morgan fingerprint density at radius 2 is 2.24 bits per heavy atom. The van der Waals surface area contributed by atoms with Crippen LogP contribution in [-0.2, 0) is 4.74 Å². The highest BCUT2D eigenvalue weighted by Gasteiger charge is 2.18. The number of carbonyl (C=O) groups is 1. The highest BCUT2D eigenvalue weighted by molar-refractivity contribution is 5.74. The first-order valence-corrected chi connectivity index (χ1v) is 7.03. The largest absolute Gasteiger partial charge is 0.384 e. The molecule has 1 saturated heterocycles. The summed E-state index contributed by atoms with van der Waals surface area (Å²) in [4.78, 5) is 13.9. The summed E-state index contributed by atoms with van der Waals surface area (Å²) in [7, 11) is 0. The lowest BCUT2D eigenvalue weighted by molar-refractivity contribution is 0.0526. The molecule has 112 valence electrons. The van der Waals surface area contributed by atoms with Crippen molar-refractivity contribution in [1.82, 2.24) is 10.2 Å². The predicted octanol–water partition coefficient (Wildman–Crippen LogP) is 1.13. The molecule has 2 N–H and O–H groups in total. The molecule has 0 bridgehead atoms. The molecule has 1 aliphatic heterocycles. The number of benzene rings is 1. The molecule has 2 rings (SSSR count). The van der Waals surface area contributed by atoms with E-state index in [2.05, 4.69) is 17.2 Å². The van der Waals surface area contributed by atoms with Gasteiger partial charge in [-0.2, -0.15) is 0 Å². The normalized spacial score (nSPS) is 15.8. The molecule has 1 unspecified atom stereocenters. The number of urea groups is 1. The van der Waals surface area contributed by atoms with Crippen LogP contribution < -0.4 is 5.32 Å². The molecular weight excluding hydrogens is 268 g/mol. The summed E-state index contributed by atoms with van der Waals surface area (Å²) in [6.45, 7) is 4.22. The second-order valence-corrected chi connectivity index (χ2v) is 4.86. The van der Waals surface area contributed by atoms with Crippen LogP contribution >= 0.6 is 0 Å². The fourth-order valence-electron chi connectivity index (χ4n) is 2.15. The summed E-state index contributed by atoms with van der Waals surface area (Å²) in [6, 6.07) is 7.48.